The number of likely N-dealkylation sites (tertiary alicyclic amines) is 1. The Hall–Kier alpha value is -2.84. The van der Waals surface area contributed by atoms with Crippen LogP contribution in [0.15, 0.2) is 36.5 Å². The first kappa shape index (κ1) is 20.9. The summed E-state index contributed by atoms with van der Waals surface area (Å²) in [6.07, 6.45) is -2.27. The van der Waals surface area contributed by atoms with E-state index >= 15 is 0 Å². The highest BCUT2D eigenvalue weighted by atomic mass is 19.4. The summed E-state index contributed by atoms with van der Waals surface area (Å²) in [6.45, 7) is 2.32. The van der Waals surface area contributed by atoms with Gasteiger partial charge in [0.1, 0.15) is 5.82 Å². The first-order valence-corrected chi connectivity index (χ1v) is 9.15. The summed E-state index contributed by atoms with van der Waals surface area (Å²) < 4.78 is 57.1. The van der Waals surface area contributed by atoms with Crippen molar-refractivity contribution in [3.63, 3.8) is 0 Å². The second kappa shape index (κ2) is 8.26. The van der Waals surface area contributed by atoms with Gasteiger partial charge in [-0.2, -0.15) is 13.2 Å². The molecule has 2 heterocycles. The molecule has 1 aliphatic heterocycles. The maximum Gasteiger partial charge on any atom is 0.417 e. The Labute approximate surface area is 165 Å². The number of hydrogen-bond acceptors (Lipinski definition) is 4. The number of para-hydroxylation sites is 1. The Morgan fingerprint density at radius 1 is 1.28 bits per heavy atom. The number of benzene rings is 1. The van der Waals surface area contributed by atoms with Gasteiger partial charge in [0.25, 0.3) is 5.91 Å². The van der Waals surface area contributed by atoms with Crippen molar-refractivity contribution < 1.29 is 27.1 Å². The molecule has 1 aliphatic rings. The zero-order valence-corrected chi connectivity index (χ0v) is 16.0. The molecule has 156 valence electrons. The van der Waals surface area contributed by atoms with E-state index in [1.807, 2.05) is 6.92 Å². The van der Waals surface area contributed by atoms with E-state index in [0.717, 1.165) is 12.3 Å². The van der Waals surface area contributed by atoms with Gasteiger partial charge in [-0.15, -0.1) is 0 Å². The molecule has 0 bridgehead atoms. The third kappa shape index (κ3) is 4.44. The molecule has 1 saturated heterocycles. The molecule has 1 N–H and O–H groups in total. The number of ether oxygens (including phenoxy) is 1. The molecular weight excluding hydrogens is 390 g/mol. The monoisotopic (exact) mass is 411 g/mol. The second-order valence-corrected chi connectivity index (χ2v) is 6.88. The van der Waals surface area contributed by atoms with Crippen LogP contribution in [0.4, 0.5) is 23.4 Å². The Balaban J connectivity index is 1.76. The van der Waals surface area contributed by atoms with E-state index in [4.69, 9.17) is 4.74 Å². The maximum absolute atomic E-state index is 14.0. The van der Waals surface area contributed by atoms with E-state index in [9.17, 15) is 22.4 Å². The molecule has 0 spiro atoms. The Bertz CT molecular complexity index is 871. The molecule has 2 aromatic rings. The molecule has 0 radical (unpaired) electrons. The summed E-state index contributed by atoms with van der Waals surface area (Å²) in [5.41, 5.74) is -0.692. The van der Waals surface area contributed by atoms with E-state index in [-0.39, 0.29) is 29.3 Å². The van der Waals surface area contributed by atoms with Crippen molar-refractivity contribution in [3.05, 3.63) is 53.5 Å². The lowest BCUT2D eigenvalue weighted by molar-refractivity contribution is -0.137. The number of pyridine rings is 1. The lowest BCUT2D eigenvalue weighted by Gasteiger charge is -2.40. The van der Waals surface area contributed by atoms with E-state index in [1.165, 1.54) is 31.4 Å². The topological polar surface area (TPSA) is 54.5 Å². The van der Waals surface area contributed by atoms with Gasteiger partial charge < -0.3 is 15.0 Å². The van der Waals surface area contributed by atoms with Gasteiger partial charge in [0, 0.05) is 24.8 Å². The fraction of sp³-hybridized carbons (Fsp3) is 0.400. The van der Waals surface area contributed by atoms with Gasteiger partial charge in [0.05, 0.1) is 18.2 Å². The minimum Gasteiger partial charge on any atom is -0.493 e. The van der Waals surface area contributed by atoms with Crippen molar-refractivity contribution in [1.82, 2.24) is 9.88 Å². The van der Waals surface area contributed by atoms with Crippen LogP contribution in [-0.2, 0) is 6.18 Å². The van der Waals surface area contributed by atoms with Gasteiger partial charge in [0.15, 0.2) is 11.6 Å². The van der Waals surface area contributed by atoms with Crippen LogP contribution in [0.3, 0.4) is 0 Å². The predicted octanol–water partition coefficient (Wildman–Crippen LogP) is 4.35. The van der Waals surface area contributed by atoms with E-state index in [2.05, 4.69) is 10.3 Å². The van der Waals surface area contributed by atoms with E-state index in [1.54, 1.807) is 4.90 Å². The van der Waals surface area contributed by atoms with E-state index in [0.29, 0.717) is 25.2 Å². The number of piperidine rings is 1. The summed E-state index contributed by atoms with van der Waals surface area (Å²) in [5.74, 6) is -0.788. The molecule has 0 aliphatic carbocycles. The van der Waals surface area contributed by atoms with Crippen LogP contribution in [0, 0.1) is 5.82 Å². The molecule has 1 fully saturated rings. The molecule has 1 amide bonds. The number of halogens is 4. The first-order chi connectivity index (χ1) is 13.7. The second-order valence-electron chi connectivity index (χ2n) is 6.88. The molecular formula is C20H21F4N3O2. The highest BCUT2D eigenvalue weighted by Crippen LogP contribution is 2.30. The third-order valence-electron chi connectivity index (χ3n) is 5.07. The van der Waals surface area contributed by atoms with Gasteiger partial charge in [-0.05, 0) is 44.0 Å². The zero-order valence-electron chi connectivity index (χ0n) is 16.0. The van der Waals surface area contributed by atoms with E-state index < -0.39 is 17.6 Å². The van der Waals surface area contributed by atoms with Gasteiger partial charge in [-0.3, -0.25) is 4.79 Å². The van der Waals surface area contributed by atoms with Gasteiger partial charge in [-0.25, -0.2) is 9.37 Å². The highest BCUT2D eigenvalue weighted by molar-refractivity contribution is 5.97. The van der Waals surface area contributed by atoms with Crippen LogP contribution in [0.1, 0.15) is 35.7 Å². The molecule has 9 heteroatoms. The highest BCUT2D eigenvalue weighted by Gasteiger charge is 2.34. The lowest BCUT2D eigenvalue weighted by Crippen LogP contribution is -2.52. The minimum absolute atomic E-state index is 0.107. The van der Waals surface area contributed by atoms with Crippen LogP contribution >= 0.6 is 0 Å². The minimum atomic E-state index is -4.45. The number of carbonyl (C=O) groups excluding carboxylic acids is 1. The smallest absolute Gasteiger partial charge is 0.417 e. The fourth-order valence-electron chi connectivity index (χ4n) is 3.50. The number of rotatable bonds is 4. The summed E-state index contributed by atoms with van der Waals surface area (Å²) in [4.78, 5) is 18.5. The van der Waals surface area contributed by atoms with Crippen molar-refractivity contribution in [3.8, 4) is 5.75 Å². The number of amides is 1. The molecule has 5 nitrogen and oxygen atoms in total. The van der Waals surface area contributed by atoms with Crippen LogP contribution in [0.25, 0.3) is 0 Å². The molecule has 3 rings (SSSR count). The number of carbonyl (C=O) groups is 1. The normalized spacial score (nSPS) is 19.7. The Morgan fingerprint density at radius 3 is 2.66 bits per heavy atom. The lowest BCUT2D eigenvalue weighted by atomic mass is 9.96. The summed E-state index contributed by atoms with van der Waals surface area (Å²) in [5, 5.41) is 3.11. The van der Waals surface area contributed by atoms with Crippen LogP contribution in [-0.4, -0.2) is 41.5 Å². The molecule has 1 aromatic carbocycles. The zero-order chi connectivity index (χ0) is 21.2. The standard InChI is InChI=1S/C20H21F4N3O2/c1-12-16(26-17-9-8-13(11-25-17)20(22,23)24)7-4-10-27(12)19(28)14-5-3-6-15(21)18(14)29-2/h3,5-6,8-9,11-12,16H,4,7,10H2,1-2H3,(H,25,26)/t12-,16?/m0/s1. The molecule has 1 unspecified atom stereocenters. The Kier molecular flexibility index (Phi) is 5.95. The predicted molar refractivity (Wildman–Crippen MR) is 99.3 cm³/mol. The number of anilines is 1. The van der Waals surface area contributed by atoms with Gasteiger partial charge in [-0.1, -0.05) is 6.07 Å². The first-order valence-electron chi connectivity index (χ1n) is 9.15. The number of nitrogens with one attached hydrogen (secondary N) is 1. The quantitative estimate of drug-likeness (QED) is 0.760. The van der Waals surface area contributed by atoms with Crippen molar-refractivity contribution in [2.75, 3.05) is 19.0 Å². The summed E-state index contributed by atoms with van der Waals surface area (Å²) in [7, 11) is 1.30. The van der Waals surface area contributed by atoms with Crippen molar-refractivity contribution >= 4 is 11.7 Å². The number of nitrogens with zero attached hydrogens (tertiary/aromatic N) is 2. The fourth-order valence-corrected chi connectivity index (χ4v) is 3.50. The van der Waals surface area contributed by atoms with Crippen LogP contribution < -0.4 is 10.1 Å². The van der Waals surface area contributed by atoms with Crippen LogP contribution in [0.5, 0.6) is 5.75 Å². The number of aromatic nitrogens is 1. The molecule has 2 atom stereocenters. The molecule has 29 heavy (non-hydrogen) atoms. The third-order valence-corrected chi connectivity index (χ3v) is 5.07. The molecule has 0 saturated carbocycles. The number of alkyl halides is 3. The van der Waals surface area contributed by atoms with Gasteiger partial charge in [0.2, 0.25) is 0 Å². The number of methoxy groups -OCH3 is 1. The van der Waals surface area contributed by atoms with Crippen molar-refractivity contribution in [2.24, 2.45) is 0 Å². The van der Waals surface area contributed by atoms with Crippen molar-refractivity contribution in [2.45, 2.75) is 38.0 Å². The average molecular weight is 411 g/mol. The summed E-state index contributed by atoms with van der Waals surface area (Å²) in [6, 6.07) is 5.91. The maximum atomic E-state index is 14.0. The SMILES string of the molecule is COc1c(F)cccc1C(=O)N1CCCC(Nc2ccc(C(F)(F)F)cn2)[C@@H]1C. The largest absolute Gasteiger partial charge is 0.493 e. The Morgan fingerprint density at radius 2 is 2.03 bits per heavy atom. The molecule has 1 aromatic heterocycles. The van der Waals surface area contributed by atoms with Gasteiger partial charge >= 0.3 is 6.18 Å². The summed E-state index contributed by atoms with van der Waals surface area (Å²) >= 11 is 0. The van der Waals surface area contributed by atoms with Crippen LogP contribution in [0.2, 0.25) is 0 Å². The average Bonchev–Trinajstić information content (AvgIpc) is 2.68. The van der Waals surface area contributed by atoms with Crippen molar-refractivity contribution in [1.29, 1.82) is 0 Å². The number of hydrogen-bond donors (Lipinski definition) is 1.